The van der Waals surface area contributed by atoms with E-state index in [-0.39, 0.29) is 11.7 Å². The molecule has 1 saturated heterocycles. The second-order valence-corrected chi connectivity index (χ2v) is 8.73. The number of hydrogen-bond donors (Lipinski definition) is 1. The molecule has 1 aliphatic rings. The average Bonchev–Trinajstić information content (AvgIpc) is 2.81. The van der Waals surface area contributed by atoms with Crippen LogP contribution in [0.1, 0.15) is 15.9 Å². The van der Waals surface area contributed by atoms with Crippen molar-refractivity contribution in [3.05, 3.63) is 71.9 Å². The van der Waals surface area contributed by atoms with E-state index < -0.39 is 6.36 Å². The standard InChI is InChI=1S/C24H22F3N3O2S/c1-16-20(17-5-8-19(9-6-17)32-24(25,26)27)3-2-4-21(16)29-23(31)18-7-10-22(28-15-18)30-11-13-33-14-12-30/h2-10,15H,11-14H2,1H3,(H,29,31). The summed E-state index contributed by atoms with van der Waals surface area (Å²) in [5.74, 6) is 2.43. The van der Waals surface area contributed by atoms with Crippen LogP contribution in [-0.2, 0) is 0 Å². The highest BCUT2D eigenvalue weighted by atomic mass is 32.2. The first-order chi connectivity index (χ1) is 15.8. The van der Waals surface area contributed by atoms with Gasteiger partial charge < -0.3 is 15.0 Å². The summed E-state index contributed by atoms with van der Waals surface area (Å²) in [6.07, 6.45) is -3.16. The number of carbonyl (C=O) groups excluding carboxylic acids is 1. The first kappa shape index (κ1) is 23.0. The first-order valence-electron chi connectivity index (χ1n) is 10.4. The minimum Gasteiger partial charge on any atom is -0.406 e. The van der Waals surface area contributed by atoms with Gasteiger partial charge in [-0.1, -0.05) is 24.3 Å². The van der Waals surface area contributed by atoms with Gasteiger partial charge in [0.2, 0.25) is 0 Å². The van der Waals surface area contributed by atoms with E-state index in [1.165, 1.54) is 12.1 Å². The molecule has 0 bridgehead atoms. The molecule has 5 nitrogen and oxygen atoms in total. The summed E-state index contributed by atoms with van der Waals surface area (Å²) >= 11 is 1.92. The van der Waals surface area contributed by atoms with Gasteiger partial charge in [-0.25, -0.2) is 4.98 Å². The number of alkyl halides is 3. The van der Waals surface area contributed by atoms with Crippen molar-refractivity contribution in [1.82, 2.24) is 4.98 Å². The SMILES string of the molecule is Cc1c(NC(=O)c2ccc(N3CCSCC3)nc2)cccc1-c1ccc(OC(F)(F)F)cc1. The molecule has 1 aliphatic heterocycles. The van der Waals surface area contributed by atoms with Gasteiger partial charge in [0, 0.05) is 36.5 Å². The number of benzene rings is 2. The summed E-state index contributed by atoms with van der Waals surface area (Å²) in [6, 6.07) is 14.7. The van der Waals surface area contributed by atoms with Crippen molar-refractivity contribution in [2.45, 2.75) is 13.3 Å². The fourth-order valence-corrected chi connectivity index (χ4v) is 4.52. The molecule has 3 aromatic rings. The molecule has 4 rings (SSSR count). The summed E-state index contributed by atoms with van der Waals surface area (Å²) in [4.78, 5) is 19.4. The number of amides is 1. The lowest BCUT2D eigenvalue weighted by Gasteiger charge is -2.27. The molecule has 9 heteroatoms. The van der Waals surface area contributed by atoms with Crippen LogP contribution < -0.4 is 15.0 Å². The van der Waals surface area contributed by atoms with Crippen LogP contribution in [0.5, 0.6) is 5.75 Å². The van der Waals surface area contributed by atoms with Gasteiger partial charge >= 0.3 is 6.36 Å². The van der Waals surface area contributed by atoms with Gasteiger partial charge in [-0.15, -0.1) is 13.2 Å². The molecule has 0 spiro atoms. The number of hydrogen-bond acceptors (Lipinski definition) is 5. The van der Waals surface area contributed by atoms with Gasteiger partial charge in [0.05, 0.1) is 5.56 Å². The molecular formula is C24H22F3N3O2S. The third-order valence-electron chi connectivity index (χ3n) is 5.33. The predicted octanol–water partition coefficient (Wildman–Crippen LogP) is 5.76. The largest absolute Gasteiger partial charge is 0.573 e. The number of nitrogens with one attached hydrogen (secondary N) is 1. The number of ether oxygens (including phenoxy) is 1. The van der Waals surface area contributed by atoms with E-state index in [0.717, 1.165) is 41.5 Å². The lowest BCUT2D eigenvalue weighted by Crippen LogP contribution is -2.33. The van der Waals surface area contributed by atoms with Gasteiger partial charge in [-0.2, -0.15) is 11.8 Å². The normalized spacial score (nSPS) is 14.1. The summed E-state index contributed by atoms with van der Waals surface area (Å²) < 4.78 is 41.1. The molecule has 1 N–H and O–H groups in total. The lowest BCUT2D eigenvalue weighted by atomic mass is 9.99. The molecule has 0 radical (unpaired) electrons. The molecule has 2 aromatic carbocycles. The third-order valence-corrected chi connectivity index (χ3v) is 6.27. The van der Waals surface area contributed by atoms with Crippen molar-refractivity contribution in [3.63, 3.8) is 0 Å². The van der Waals surface area contributed by atoms with E-state index in [1.54, 1.807) is 36.5 Å². The fraction of sp³-hybridized carbons (Fsp3) is 0.250. The van der Waals surface area contributed by atoms with Gasteiger partial charge in [-0.3, -0.25) is 4.79 Å². The Bertz CT molecular complexity index is 1110. The van der Waals surface area contributed by atoms with Crippen LogP contribution in [0, 0.1) is 6.92 Å². The van der Waals surface area contributed by atoms with Crippen molar-refractivity contribution >= 4 is 29.2 Å². The highest BCUT2D eigenvalue weighted by Gasteiger charge is 2.31. The Hall–Kier alpha value is -3.20. The molecule has 33 heavy (non-hydrogen) atoms. The number of halogens is 3. The second kappa shape index (κ2) is 9.74. The topological polar surface area (TPSA) is 54.5 Å². The average molecular weight is 474 g/mol. The Labute approximate surface area is 194 Å². The predicted molar refractivity (Wildman–Crippen MR) is 125 cm³/mol. The fourth-order valence-electron chi connectivity index (χ4n) is 3.61. The maximum atomic E-state index is 12.8. The summed E-state index contributed by atoms with van der Waals surface area (Å²) in [5, 5.41) is 2.91. The Balaban J connectivity index is 1.48. The van der Waals surface area contributed by atoms with Crippen LogP contribution in [0.4, 0.5) is 24.7 Å². The third kappa shape index (κ3) is 5.78. The zero-order valence-corrected chi connectivity index (χ0v) is 18.7. The van der Waals surface area contributed by atoms with Crippen LogP contribution in [0.2, 0.25) is 0 Å². The van der Waals surface area contributed by atoms with E-state index in [9.17, 15) is 18.0 Å². The van der Waals surface area contributed by atoms with Crippen molar-refractivity contribution in [1.29, 1.82) is 0 Å². The maximum absolute atomic E-state index is 12.8. The molecule has 1 aromatic heterocycles. The first-order valence-corrected chi connectivity index (χ1v) is 11.5. The molecule has 1 fully saturated rings. The Morgan fingerprint density at radius 3 is 2.42 bits per heavy atom. The molecule has 0 unspecified atom stereocenters. The molecule has 0 saturated carbocycles. The number of pyridine rings is 1. The van der Waals surface area contributed by atoms with Crippen molar-refractivity contribution in [2.75, 3.05) is 34.8 Å². The minimum absolute atomic E-state index is 0.280. The molecule has 0 atom stereocenters. The number of carbonyl (C=O) groups is 1. The quantitative estimate of drug-likeness (QED) is 0.511. The zero-order valence-electron chi connectivity index (χ0n) is 17.9. The summed E-state index contributed by atoms with van der Waals surface area (Å²) in [6.45, 7) is 3.73. The number of thioether (sulfide) groups is 1. The van der Waals surface area contributed by atoms with Crippen molar-refractivity contribution in [3.8, 4) is 16.9 Å². The van der Waals surface area contributed by atoms with E-state index >= 15 is 0 Å². The van der Waals surface area contributed by atoms with E-state index in [2.05, 4.69) is 19.9 Å². The highest BCUT2D eigenvalue weighted by molar-refractivity contribution is 7.99. The van der Waals surface area contributed by atoms with E-state index in [0.29, 0.717) is 16.8 Å². The Morgan fingerprint density at radius 2 is 1.79 bits per heavy atom. The van der Waals surface area contributed by atoms with E-state index in [4.69, 9.17) is 0 Å². The van der Waals surface area contributed by atoms with Gasteiger partial charge in [0.25, 0.3) is 5.91 Å². The molecular weight excluding hydrogens is 451 g/mol. The Morgan fingerprint density at radius 1 is 1.06 bits per heavy atom. The zero-order chi connectivity index (χ0) is 23.4. The Kier molecular flexibility index (Phi) is 6.78. The van der Waals surface area contributed by atoms with E-state index in [1.807, 2.05) is 30.8 Å². The molecule has 172 valence electrons. The lowest BCUT2D eigenvalue weighted by molar-refractivity contribution is -0.274. The highest BCUT2D eigenvalue weighted by Crippen LogP contribution is 2.31. The number of rotatable bonds is 5. The van der Waals surface area contributed by atoms with Crippen LogP contribution >= 0.6 is 11.8 Å². The smallest absolute Gasteiger partial charge is 0.406 e. The minimum atomic E-state index is -4.73. The van der Waals surface area contributed by atoms with Crippen molar-refractivity contribution < 1.29 is 22.7 Å². The summed E-state index contributed by atoms with van der Waals surface area (Å²) in [7, 11) is 0. The molecule has 0 aliphatic carbocycles. The molecule has 1 amide bonds. The van der Waals surface area contributed by atoms with Crippen molar-refractivity contribution in [2.24, 2.45) is 0 Å². The van der Waals surface area contributed by atoms with Crippen LogP contribution in [0.15, 0.2) is 60.8 Å². The number of nitrogens with zero attached hydrogens (tertiary/aromatic N) is 2. The molecule has 2 heterocycles. The number of anilines is 2. The van der Waals surface area contributed by atoms with Crippen LogP contribution in [0.25, 0.3) is 11.1 Å². The second-order valence-electron chi connectivity index (χ2n) is 7.51. The summed E-state index contributed by atoms with van der Waals surface area (Å²) in [5.41, 5.74) is 3.37. The van der Waals surface area contributed by atoms with Gasteiger partial charge in [0.1, 0.15) is 11.6 Å². The monoisotopic (exact) mass is 473 g/mol. The maximum Gasteiger partial charge on any atom is 0.573 e. The van der Waals surface area contributed by atoms with Gasteiger partial charge in [-0.05, 0) is 53.9 Å². The number of aromatic nitrogens is 1. The van der Waals surface area contributed by atoms with Crippen LogP contribution in [0.3, 0.4) is 0 Å². The van der Waals surface area contributed by atoms with Gasteiger partial charge in [0.15, 0.2) is 0 Å². The van der Waals surface area contributed by atoms with Crippen LogP contribution in [-0.4, -0.2) is 41.8 Å².